The van der Waals surface area contributed by atoms with Gasteiger partial charge in [0.2, 0.25) is 0 Å². The van der Waals surface area contributed by atoms with Gasteiger partial charge in [0.15, 0.2) is 0 Å². The summed E-state index contributed by atoms with van der Waals surface area (Å²) in [4.78, 5) is 51.6. The smallest absolute Gasteiger partial charge is 0.303 e. The molecule has 41 heavy (non-hydrogen) atoms. The third-order valence-electron chi connectivity index (χ3n) is 11.3. The van der Waals surface area contributed by atoms with Gasteiger partial charge < -0.3 is 23.4 Å². The van der Waals surface area contributed by atoms with Crippen LogP contribution < -0.4 is 0 Å². The van der Waals surface area contributed by atoms with Crippen LogP contribution >= 0.6 is 0 Å². The monoisotopic (exact) mass is 568 g/mol. The minimum atomic E-state index is -0.914. The highest BCUT2D eigenvalue weighted by molar-refractivity contribution is 5.83. The molecule has 4 fully saturated rings. The Morgan fingerprint density at radius 1 is 0.951 bits per heavy atom. The molecule has 0 amide bonds. The van der Waals surface area contributed by atoms with Crippen LogP contribution in [0.15, 0.2) is 34.7 Å². The molecule has 0 aromatic carbocycles. The summed E-state index contributed by atoms with van der Waals surface area (Å²) >= 11 is 0. The molecule has 3 saturated carbocycles. The van der Waals surface area contributed by atoms with Gasteiger partial charge >= 0.3 is 17.9 Å². The van der Waals surface area contributed by atoms with Gasteiger partial charge in [0.25, 0.3) is 0 Å². The average Bonchev–Trinajstić information content (AvgIpc) is 3.59. The molecule has 1 aliphatic heterocycles. The van der Waals surface area contributed by atoms with E-state index in [4.69, 9.17) is 23.4 Å². The zero-order valence-electron chi connectivity index (χ0n) is 24.9. The van der Waals surface area contributed by atoms with E-state index in [1.807, 2.05) is 19.9 Å². The Morgan fingerprint density at radius 2 is 1.63 bits per heavy atom. The van der Waals surface area contributed by atoms with Gasteiger partial charge in [0.05, 0.1) is 24.2 Å². The summed E-state index contributed by atoms with van der Waals surface area (Å²) in [6.45, 7) is 12.3. The Bertz CT molecular complexity index is 1330. The molecule has 6 rings (SSSR count). The number of hydrogen-bond donors (Lipinski definition) is 0. The number of ketones is 1. The molecule has 2 heterocycles. The molecular weight excluding hydrogens is 528 g/mol. The molecule has 5 aliphatic rings. The molecule has 1 aromatic rings. The molecule has 9 nitrogen and oxygen atoms in total. The van der Waals surface area contributed by atoms with E-state index in [0.717, 1.165) is 11.1 Å². The Labute approximate surface area is 240 Å². The quantitative estimate of drug-likeness (QED) is 0.290. The standard InChI is InChI=1S/C32H40O9/c1-16(33)38-24-13-23-29(4,5)41-25-12-20(36)14-32(23,25)27-26(39-17(2)34)28(40-18(3)35)30(6)21(19-10-11-37-15-19)8-9-22(30)31(24,27)7/h9-11,15,21,23-28H,8,12-14H2,1-7H3/t21-,23-,24+,25-,26+,27-,28-,30-,31+,32+/m0/s1. The molecule has 4 aliphatic carbocycles. The number of ether oxygens (including phenoxy) is 4. The second-order valence-corrected chi connectivity index (χ2v) is 13.7. The van der Waals surface area contributed by atoms with Gasteiger partial charge in [-0.1, -0.05) is 25.5 Å². The lowest BCUT2D eigenvalue weighted by Gasteiger charge is -2.67. The van der Waals surface area contributed by atoms with E-state index in [2.05, 4.69) is 19.9 Å². The van der Waals surface area contributed by atoms with E-state index in [9.17, 15) is 19.2 Å². The van der Waals surface area contributed by atoms with Crippen molar-refractivity contribution in [3.63, 3.8) is 0 Å². The lowest BCUT2D eigenvalue weighted by Crippen LogP contribution is -2.72. The van der Waals surface area contributed by atoms with Gasteiger partial charge in [0, 0.05) is 61.7 Å². The summed E-state index contributed by atoms with van der Waals surface area (Å²) in [6.07, 6.45) is 4.41. The van der Waals surface area contributed by atoms with Gasteiger partial charge in [-0.05, 0) is 44.2 Å². The van der Waals surface area contributed by atoms with Crippen LogP contribution in [0.4, 0.5) is 0 Å². The highest BCUT2D eigenvalue weighted by atomic mass is 16.6. The Balaban J connectivity index is 1.65. The van der Waals surface area contributed by atoms with E-state index >= 15 is 0 Å². The molecule has 9 heteroatoms. The van der Waals surface area contributed by atoms with Crippen molar-refractivity contribution in [2.45, 2.75) is 110 Å². The van der Waals surface area contributed by atoms with E-state index in [-0.39, 0.29) is 30.5 Å². The molecule has 1 saturated heterocycles. The number of allylic oxidation sites excluding steroid dienone is 1. The van der Waals surface area contributed by atoms with Crippen molar-refractivity contribution in [1.29, 1.82) is 0 Å². The fraction of sp³-hybridized carbons (Fsp3) is 0.688. The average molecular weight is 569 g/mol. The highest BCUT2D eigenvalue weighted by Crippen LogP contribution is 2.76. The second kappa shape index (κ2) is 9.03. The van der Waals surface area contributed by atoms with Gasteiger partial charge in [-0.2, -0.15) is 0 Å². The van der Waals surface area contributed by atoms with Crippen LogP contribution in [-0.4, -0.2) is 53.7 Å². The first-order valence-corrected chi connectivity index (χ1v) is 14.6. The van der Waals surface area contributed by atoms with Crippen molar-refractivity contribution in [3.05, 3.63) is 35.8 Å². The van der Waals surface area contributed by atoms with Gasteiger partial charge in [-0.15, -0.1) is 0 Å². The van der Waals surface area contributed by atoms with Gasteiger partial charge in [0.1, 0.15) is 24.1 Å². The first-order valence-electron chi connectivity index (χ1n) is 14.6. The Hall–Kier alpha value is -2.94. The SMILES string of the molecule is CC(=O)O[C@H]1[C@H](OC(C)=O)[C@]2(C)C(=CC[C@H]2c2ccoc2)[C@]2(C)[C@H](OC(C)=O)C[C@H]3C(C)(C)O[C@H]4CC(=O)C[C@]43[C@@H]12. The topological polar surface area (TPSA) is 118 Å². The summed E-state index contributed by atoms with van der Waals surface area (Å²) in [5.41, 5.74) is -1.06. The van der Waals surface area contributed by atoms with E-state index in [1.54, 1.807) is 12.5 Å². The number of carbonyl (C=O) groups is 4. The summed E-state index contributed by atoms with van der Waals surface area (Å²) in [7, 11) is 0. The molecule has 0 unspecified atom stereocenters. The van der Waals surface area contributed by atoms with Crippen molar-refractivity contribution in [2.24, 2.45) is 28.1 Å². The van der Waals surface area contributed by atoms with Crippen LogP contribution in [0.2, 0.25) is 0 Å². The summed E-state index contributed by atoms with van der Waals surface area (Å²) in [5, 5.41) is 0. The molecule has 222 valence electrons. The van der Waals surface area contributed by atoms with Gasteiger partial charge in [-0.3, -0.25) is 19.2 Å². The molecule has 1 spiro atoms. The third-order valence-corrected chi connectivity index (χ3v) is 11.3. The predicted octanol–water partition coefficient (Wildman–Crippen LogP) is 4.68. The van der Waals surface area contributed by atoms with Crippen LogP contribution in [0.5, 0.6) is 0 Å². The van der Waals surface area contributed by atoms with Crippen molar-refractivity contribution < 1.29 is 42.5 Å². The van der Waals surface area contributed by atoms with Crippen molar-refractivity contribution in [1.82, 2.24) is 0 Å². The van der Waals surface area contributed by atoms with Crippen LogP contribution in [0, 0.1) is 28.1 Å². The lowest BCUT2D eigenvalue weighted by molar-refractivity contribution is -0.246. The largest absolute Gasteiger partial charge is 0.472 e. The first kappa shape index (κ1) is 28.2. The minimum Gasteiger partial charge on any atom is -0.472 e. The number of carbonyl (C=O) groups excluding carboxylic acids is 4. The second-order valence-electron chi connectivity index (χ2n) is 13.7. The summed E-state index contributed by atoms with van der Waals surface area (Å²) in [5.74, 6) is -2.14. The van der Waals surface area contributed by atoms with Crippen LogP contribution in [0.3, 0.4) is 0 Å². The minimum absolute atomic E-state index is 0.0967. The number of esters is 3. The van der Waals surface area contributed by atoms with Crippen molar-refractivity contribution in [3.8, 4) is 0 Å². The fourth-order valence-corrected chi connectivity index (χ4v) is 10.3. The molecule has 1 aromatic heterocycles. The van der Waals surface area contributed by atoms with E-state index in [1.165, 1.54) is 20.8 Å². The van der Waals surface area contributed by atoms with Crippen LogP contribution in [-0.2, 0) is 38.1 Å². The maximum Gasteiger partial charge on any atom is 0.303 e. The van der Waals surface area contributed by atoms with Crippen molar-refractivity contribution in [2.75, 3.05) is 0 Å². The summed E-state index contributed by atoms with van der Waals surface area (Å²) in [6, 6.07) is 1.91. The zero-order valence-corrected chi connectivity index (χ0v) is 24.9. The highest BCUT2D eigenvalue weighted by Gasteiger charge is 2.80. The third kappa shape index (κ3) is 3.69. The number of rotatable bonds is 4. The van der Waals surface area contributed by atoms with Crippen molar-refractivity contribution >= 4 is 23.7 Å². The Kier molecular flexibility index (Phi) is 6.21. The molecule has 10 atom stereocenters. The van der Waals surface area contributed by atoms with E-state index < -0.39 is 70.1 Å². The number of Topliss-reactive ketones (excluding diaryl/α,β-unsaturated/α-hetero) is 1. The molecule has 0 bridgehead atoms. The van der Waals surface area contributed by atoms with Crippen LogP contribution in [0.1, 0.15) is 85.6 Å². The number of furan rings is 1. The number of hydrogen-bond acceptors (Lipinski definition) is 9. The van der Waals surface area contributed by atoms with Gasteiger partial charge in [-0.25, -0.2) is 0 Å². The predicted molar refractivity (Wildman–Crippen MR) is 144 cm³/mol. The lowest BCUT2D eigenvalue weighted by atomic mass is 9.38. The Morgan fingerprint density at radius 3 is 2.24 bits per heavy atom. The molecule has 0 N–H and O–H groups in total. The molecular formula is C32H40O9. The van der Waals surface area contributed by atoms with E-state index in [0.29, 0.717) is 12.8 Å². The number of fused-ring (bicyclic) bond motifs is 3. The fourth-order valence-electron chi connectivity index (χ4n) is 10.3. The zero-order chi connectivity index (χ0) is 29.7. The first-order chi connectivity index (χ1) is 19.2. The normalized spacial score (nSPS) is 43.7. The van der Waals surface area contributed by atoms with Crippen LogP contribution in [0.25, 0.3) is 0 Å². The maximum atomic E-state index is 13.3. The summed E-state index contributed by atoms with van der Waals surface area (Å²) < 4.78 is 30.8. The maximum absolute atomic E-state index is 13.3. The molecule has 0 radical (unpaired) electrons.